The van der Waals surface area contributed by atoms with Gasteiger partial charge in [-0.1, -0.05) is 36.4 Å². The molecule has 2 aromatic rings. The second-order valence-electron chi connectivity index (χ2n) is 5.76. The summed E-state index contributed by atoms with van der Waals surface area (Å²) >= 11 is 0. The average molecular weight is 302 g/mol. The van der Waals surface area contributed by atoms with E-state index < -0.39 is 0 Å². The molecule has 0 saturated carbocycles. The van der Waals surface area contributed by atoms with Gasteiger partial charge in [-0.3, -0.25) is 0 Å². The molecule has 1 fully saturated rings. The zero-order valence-electron chi connectivity index (χ0n) is 13.0. The zero-order valence-corrected chi connectivity index (χ0v) is 13.0. The molecule has 1 saturated heterocycles. The van der Waals surface area contributed by atoms with Crippen molar-refractivity contribution in [3.8, 4) is 5.75 Å². The Kier molecular flexibility index (Phi) is 4.62. The second-order valence-corrected chi connectivity index (χ2v) is 5.76. The molecule has 0 radical (unpaired) electrons. The molecule has 1 N–H and O–H groups in total. The molecule has 118 valence electrons. The number of aromatic hydroxyl groups is 1. The fraction of sp³-hybridized carbons (Fsp3) is 0.444. The lowest BCUT2D eigenvalue weighted by atomic mass is 9.93. The lowest BCUT2D eigenvalue weighted by Crippen LogP contribution is -2.35. The van der Waals surface area contributed by atoms with Gasteiger partial charge in [-0.2, -0.15) is 0 Å². The minimum absolute atomic E-state index is 0.0143. The molecule has 3 unspecified atom stereocenters. The van der Waals surface area contributed by atoms with Crippen molar-refractivity contribution in [3.05, 3.63) is 42.0 Å². The number of methoxy groups -OCH3 is 2. The normalized spacial score (nSPS) is 25.5. The summed E-state index contributed by atoms with van der Waals surface area (Å²) in [5, 5.41) is 12.5. The number of rotatable bonds is 4. The van der Waals surface area contributed by atoms with E-state index in [1.807, 2.05) is 36.4 Å². The predicted octanol–water partition coefficient (Wildman–Crippen LogP) is 3.43. The molecule has 22 heavy (non-hydrogen) atoms. The average Bonchev–Trinajstić information content (AvgIpc) is 2.55. The van der Waals surface area contributed by atoms with Crippen molar-refractivity contribution in [1.82, 2.24) is 0 Å². The van der Waals surface area contributed by atoms with E-state index in [9.17, 15) is 5.11 Å². The van der Waals surface area contributed by atoms with Crippen molar-refractivity contribution in [2.75, 3.05) is 20.8 Å². The smallest absolute Gasteiger partial charge is 0.129 e. The Labute approximate surface area is 130 Å². The van der Waals surface area contributed by atoms with Gasteiger partial charge in [-0.25, -0.2) is 0 Å². The highest BCUT2D eigenvalue weighted by atomic mass is 16.5. The van der Waals surface area contributed by atoms with Crippen LogP contribution in [0, 0.1) is 0 Å². The fourth-order valence-corrected chi connectivity index (χ4v) is 3.19. The van der Waals surface area contributed by atoms with Gasteiger partial charge in [0.05, 0.1) is 24.9 Å². The highest BCUT2D eigenvalue weighted by Gasteiger charge is 2.32. The summed E-state index contributed by atoms with van der Waals surface area (Å²) in [6.07, 6.45) is 1.48. The Hall–Kier alpha value is -1.62. The molecule has 4 nitrogen and oxygen atoms in total. The van der Waals surface area contributed by atoms with Gasteiger partial charge in [0, 0.05) is 38.0 Å². The van der Waals surface area contributed by atoms with Crippen molar-refractivity contribution < 1.29 is 19.3 Å². The SMILES string of the molecule is COCC1CC(OC)CC(c2ccc3ccccc3c2O)O1. The lowest BCUT2D eigenvalue weighted by molar-refractivity contribution is -0.126. The molecule has 4 heteroatoms. The van der Waals surface area contributed by atoms with Crippen LogP contribution in [0.5, 0.6) is 5.75 Å². The van der Waals surface area contributed by atoms with Crippen molar-refractivity contribution in [2.45, 2.75) is 31.2 Å². The van der Waals surface area contributed by atoms with E-state index in [0.717, 1.165) is 29.2 Å². The maximum absolute atomic E-state index is 10.6. The van der Waals surface area contributed by atoms with Crippen LogP contribution in [-0.2, 0) is 14.2 Å². The third-order valence-corrected chi connectivity index (χ3v) is 4.32. The first-order chi connectivity index (χ1) is 10.7. The maximum atomic E-state index is 10.6. The first kappa shape index (κ1) is 15.3. The summed E-state index contributed by atoms with van der Waals surface area (Å²) in [5.41, 5.74) is 0.821. The van der Waals surface area contributed by atoms with Gasteiger partial charge < -0.3 is 19.3 Å². The Balaban J connectivity index is 1.93. The van der Waals surface area contributed by atoms with Crippen LogP contribution < -0.4 is 0 Å². The third-order valence-electron chi connectivity index (χ3n) is 4.32. The number of phenols is 1. The molecule has 1 aliphatic heterocycles. The predicted molar refractivity (Wildman–Crippen MR) is 85.1 cm³/mol. The summed E-state index contributed by atoms with van der Waals surface area (Å²) < 4.78 is 16.9. The number of hydrogen-bond donors (Lipinski definition) is 1. The van der Waals surface area contributed by atoms with E-state index in [2.05, 4.69) is 0 Å². The summed E-state index contributed by atoms with van der Waals surface area (Å²) in [6.45, 7) is 0.532. The lowest BCUT2D eigenvalue weighted by Gasteiger charge is -2.35. The molecule has 3 rings (SSSR count). The molecule has 0 amide bonds. The molecule has 0 bridgehead atoms. The van der Waals surface area contributed by atoms with Crippen molar-refractivity contribution in [3.63, 3.8) is 0 Å². The van der Waals surface area contributed by atoms with Crippen LogP contribution in [0.3, 0.4) is 0 Å². The van der Waals surface area contributed by atoms with Crippen LogP contribution in [-0.4, -0.2) is 38.1 Å². The summed E-state index contributed by atoms with van der Waals surface area (Å²) in [4.78, 5) is 0. The van der Waals surface area contributed by atoms with E-state index >= 15 is 0 Å². The standard InChI is InChI=1S/C18H22O4/c1-20-11-14-9-13(21-2)10-17(22-14)16-8-7-12-5-3-4-6-15(12)18(16)19/h3-8,13-14,17,19H,9-11H2,1-2H3. The molecule has 1 aliphatic rings. The van der Waals surface area contributed by atoms with E-state index in [-0.39, 0.29) is 18.3 Å². The molecular weight excluding hydrogens is 280 g/mol. The van der Waals surface area contributed by atoms with Crippen LogP contribution in [0.25, 0.3) is 10.8 Å². The van der Waals surface area contributed by atoms with Gasteiger partial charge in [-0.05, 0) is 5.39 Å². The Morgan fingerprint density at radius 2 is 1.95 bits per heavy atom. The Bertz CT molecular complexity index is 640. The van der Waals surface area contributed by atoms with Gasteiger partial charge in [0.25, 0.3) is 0 Å². The third kappa shape index (κ3) is 2.95. The number of phenolic OH excluding ortho intramolecular Hbond substituents is 1. The quantitative estimate of drug-likeness (QED) is 0.940. The Morgan fingerprint density at radius 1 is 1.14 bits per heavy atom. The minimum Gasteiger partial charge on any atom is -0.507 e. The minimum atomic E-state index is -0.177. The highest BCUT2D eigenvalue weighted by molar-refractivity contribution is 5.89. The molecule has 0 aromatic heterocycles. The fourth-order valence-electron chi connectivity index (χ4n) is 3.19. The van der Waals surface area contributed by atoms with Gasteiger partial charge in [-0.15, -0.1) is 0 Å². The summed E-state index contributed by atoms with van der Waals surface area (Å²) in [6, 6.07) is 11.8. The van der Waals surface area contributed by atoms with E-state index in [0.29, 0.717) is 12.4 Å². The molecule has 1 heterocycles. The van der Waals surface area contributed by atoms with E-state index in [1.54, 1.807) is 14.2 Å². The van der Waals surface area contributed by atoms with Crippen LogP contribution in [0.15, 0.2) is 36.4 Å². The van der Waals surface area contributed by atoms with Gasteiger partial charge in [0.1, 0.15) is 5.75 Å². The maximum Gasteiger partial charge on any atom is 0.129 e. The second kappa shape index (κ2) is 6.65. The van der Waals surface area contributed by atoms with Crippen molar-refractivity contribution in [1.29, 1.82) is 0 Å². The Morgan fingerprint density at radius 3 is 2.73 bits per heavy atom. The van der Waals surface area contributed by atoms with Gasteiger partial charge >= 0.3 is 0 Å². The monoisotopic (exact) mass is 302 g/mol. The largest absolute Gasteiger partial charge is 0.507 e. The highest BCUT2D eigenvalue weighted by Crippen LogP contribution is 2.39. The summed E-state index contributed by atoms with van der Waals surface area (Å²) in [7, 11) is 3.39. The zero-order chi connectivity index (χ0) is 15.5. The van der Waals surface area contributed by atoms with Gasteiger partial charge in [0.15, 0.2) is 0 Å². The van der Waals surface area contributed by atoms with Crippen molar-refractivity contribution >= 4 is 10.8 Å². The first-order valence-corrected chi connectivity index (χ1v) is 7.60. The van der Waals surface area contributed by atoms with E-state index in [4.69, 9.17) is 14.2 Å². The van der Waals surface area contributed by atoms with Crippen LogP contribution >= 0.6 is 0 Å². The molecule has 2 aromatic carbocycles. The molecule has 0 spiro atoms. The topological polar surface area (TPSA) is 47.9 Å². The van der Waals surface area contributed by atoms with Gasteiger partial charge in [0.2, 0.25) is 0 Å². The number of fused-ring (bicyclic) bond motifs is 1. The number of ether oxygens (including phenoxy) is 3. The van der Waals surface area contributed by atoms with Crippen LogP contribution in [0.2, 0.25) is 0 Å². The molecule has 3 atom stereocenters. The molecular formula is C18H22O4. The molecule has 0 aliphatic carbocycles. The van der Waals surface area contributed by atoms with Crippen LogP contribution in [0.4, 0.5) is 0 Å². The number of benzene rings is 2. The summed E-state index contributed by atoms with van der Waals surface area (Å²) in [5.74, 6) is 0.302. The number of hydrogen-bond acceptors (Lipinski definition) is 4. The van der Waals surface area contributed by atoms with Crippen LogP contribution in [0.1, 0.15) is 24.5 Å². The first-order valence-electron chi connectivity index (χ1n) is 7.60. The van der Waals surface area contributed by atoms with Crippen molar-refractivity contribution in [2.24, 2.45) is 0 Å². The van der Waals surface area contributed by atoms with E-state index in [1.165, 1.54) is 0 Å².